The Balaban J connectivity index is 1.49. The average molecular weight is 376 g/mol. The van der Waals surface area contributed by atoms with E-state index in [9.17, 15) is 0 Å². The normalized spacial score (nSPS) is 10.9. The zero-order valence-electron chi connectivity index (χ0n) is 15.0. The van der Waals surface area contributed by atoms with Gasteiger partial charge in [0.1, 0.15) is 11.5 Å². The fourth-order valence-corrected chi connectivity index (χ4v) is 2.98. The third kappa shape index (κ3) is 3.64. The number of aromatic nitrogens is 4. The van der Waals surface area contributed by atoms with E-state index < -0.39 is 0 Å². The fourth-order valence-electron chi connectivity index (χ4n) is 2.98. The second-order valence-electron chi connectivity index (χ2n) is 6.38. The molecule has 1 aromatic carbocycles. The van der Waals surface area contributed by atoms with E-state index in [1.165, 1.54) is 0 Å². The number of pyridine rings is 1. The minimum atomic E-state index is 0.348. The van der Waals surface area contributed by atoms with Crippen LogP contribution >= 0.6 is 0 Å². The molecule has 9 heteroatoms. The molecule has 4 rings (SSSR count). The summed E-state index contributed by atoms with van der Waals surface area (Å²) >= 11 is 0. The van der Waals surface area contributed by atoms with Crippen LogP contribution < -0.4 is 22.7 Å². The summed E-state index contributed by atoms with van der Waals surface area (Å²) < 4.78 is 7.23. The number of hydrogen-bond donors (Lipinski definition) is 4. The van der Waals surface area contributed by atoms with Crippen LogP contribution in [-0.2, 0) is 13.0 Å². The van der Waals surface area contributed by atoms with Crippen LogP contribution in [0.25, 0.3) is 11.3 Å². The number of rotatable bonds is 6. The monoisotopic (exact) mass is 376 g/mol. The number of nitrogens with zero attached hydrogens (tertiary/aromatic N) is 4. The molecule has 3 heterocycles. The molecule has 0 spiro atoms. The third-order valence-corrected chi connectivity index (χ3v) is 4.32. The topological polar surface area (TPSA) is 147 Å². The van der Waals surface area contributed by atoms with Crippen molar-refractivity contribution in [2.45, 2.75) is 13.0 Å². The van der Waals surface area contributed by atoms with Gasteiger partial charge in [0.15, 0.2) is 11.6 Å². The molecule has 142 valence electrons. The van der Waals surface area contributed by atoms with Crippen molar-refractivity contribution in [2.24, 2.45) is 5.84 Å². The Morgan fingerprint density at radius 1 is 1.11 bits per heavy atom. The summed E-state index contributed by atoms with van der Waals surface area (Å²) in [6, 6.07) is 13.5. The molecule has 4 aromatic rings. The Kier molecular flexibility index (Phi) is 4.65. The van der Waals surface area contributed by atoms with Gasteiger partial charge in [0.05, 0.1) is 18.4 Å². The molecule has 0 atom stereocenters. The first-order chi connectivity index (χ1) is 13.6. The highest BCUT2D eigenvalue weighted by Crippen LogP contribution is 2.25. The van der Waals surface area contributed by atoms with E-state index >= 15 is 0 Å². The average Bonchev–Trinajstić information content (AvgIpc) is 3.35. The molecule has 0 aliphatic rings. The molecule has 0 amide bonds. The van der Waals surface area contributed by atoms with Gasteiger partial charge < -0.3 is 21.4 Å². The van der Waals surface area contributed by atoms with Crippen LogP contribution in [0, 0.1) is 0 Å². The van der Waals surface area contributed by atoms with Crippen LogP contribution in [0.5, 0.6) is 0 Å². The zero-order chi connectivity index (χ0) is 19.5. The number of nitrogens with two attached hydrogens (primary N) is 3. The highest BCUT2D eigenvalue weighted by atomic mass is 16.5. The first kappa shape index (κ1) is 17.6. The molecule has 0 radical (unpaired) electrons. The lowest BCUT2D eigenvalue weighted by Crippen LogP contribution is -2.13. The molecule has 0 aliphatic heterocycles. The maximum Gasteiger partial charge on any atom is 0.167 e. The summed E-state index contributed by atoms with van der Waals surface area (Å²) in [7, 11) is 0. The summed E-state index contributed by atoms with van der Waals surface area (Å²) in [6.45, 7) is 0.500. The highest BCUT2D eigenvalue weighted by molar-refractivity contribution is 5.68. The summed E-state index contributed by atoms with van der Waals surface area (Å²) in [5, 5.41) is 8.52. The van der Waals surface area contributed by atoms with Gasteiger partial charge in [0, 0.05) is 24.2 Å². The van der Waals surface area contributed by atoms with E-state index in [1.807, 2.05) is 42.6 Å². The lowest BCUT2D eigenvalue weighted by Gasteiger charge is -2.10. The van der Waals surface area contributed by atoms with E-state index in [2.05, 4.69) is 20.7 Å². The molecule has 9 nitrogen and oxygen atoms in total. The summed E-state index contributed by atoms with van der Waals surface area (Å²) in [4.78, 5) is 4.06. The number of benzene rings is 1. The van der Waals surface area contributed by atoms with E-state index in [0.717, 1.165) is 28.1 Å². The standard InChI is InChI=1S/C19H20N8O/c20-17-7-14(18(21)19(24-17)25-22)6-12-9-23-27(10-12)11-15-8-16(28-26-15)13-4-2-1-3-5-13/h1-5,7-10H,6,11,21-22H2,(H3,20,24,25). The van der Waals surface area contributed by atoms with Crippen molar-refractivity contribution < 1.29 is 4.52 Å². The highest BCUT2D eigenvalue weighted by Gasteiger charge is 2.11. The maximum atomic E-state index is 6.09. The predicted octanol–water partition coefficient (Wildman–Crippen LogP) is 2.02. The Morgan fingerprint density at radius 2 is 1.93 bits per heavy atom. The first-order valence-electron chi connectivity index (χ1n) is 8.66. The molecule has 28 heavy (non-hydrogen) atoms. The van der Waals surface area contributed by atoms with Crippen LogP contribution in [0.1, 0.15) is 16.8 Å². The molecule has 0 unspecified atom stereocenters. The van der Waals surface area contributed by atoms with Crippen molar-refractivity contribution in [1.82, 2.24) is 19.9 Å². The Labute approximate surface area is 161 Å². The third-order valence-electron chi connectivity index (χ3n) is 4.32. The predicted molar refractivity (Wildman–Crippen MR) is 107 cm³/mol. The van der Waals surface area contributed by atoms with Crippen molar-refractivity contribution in [3.05, 3.63) is 71.7 Å². The Hall–Kier alpha value is -3.85. The van der Waals surface area contributed by atoms with E-state index in [4.69, 9.17) is 21.8 Å². The molecule has 0 bridgehead atoms. The molecule has 0 fully saturated rings. The van der Waals surface area contributed by atoms with Crippen LogP contribution in [0.15, 0.2) is 59.4 Å². The summed E-state index contributed by atoms with van der Waals surface area (Å²) in [6.07, 6.45) is 4.27. The fraction of sp³-hybridized carbons (Fsp3) is 0.105. The zero-order valence-corrected chi connectivity index (χ0v) is 15.0. The van der Waals surface area contributed by atoms with Crippen LogP contribution in [0.3, 0.4) is 0 Å². The van der Waals surface area contributed by atoms with Gasteiger partial charge >= 0.3 is 0 Å². The second-order valence-corrected chi connectivity index (χ2v) is 6.38. The van der Waals surface area contributed by atoms with E-state index in [0.29, 0.717) is 30.3 Å². The number of nitrogen functional groups attached to an aromatic ring is 3. The molecular weight excluding hydrogens is 356 g/mol. The molecular formula is C19H20N8O. The number of nitrogens with one attached hydrogen (secondary N) is 1. The van der Waals surface area contributed by atoms with Crippen molar-refractivity contribution in [1.29, 1.82) is 0 Å². The number of hydrogen-bond acceptors (Lipinski definition) is 8. The molecule has 0 saturated heterocycles. The van der Waals surface area contributed by atoms with Crippen molar-refractivity contribution >= 4 is 17.3 Å². The number of anilines is 3. The lowest BCUT2D eigenvalue weighted by molar-refractivity contribution is 0.419. The Bertz CT molecular complexity index is 1090. The van der Waals surface area contributed by atoms with Gasteiger partial charge in [-0.1, -0.05) is 35.5 Å². The SMILES string of the molecule is NNc1nc(N)cc(Cc2cnn(Cc3cc(-c4ccccc4)on3)c2)c1N. The van der Waals surface area contributed by atoms with Gasteiger partial charge in [0.2, 0.25) is 0 Å². The largest absolute Gasteiger partial charge is 0.395 e. The van der Waals surface area contributed by atoms with Crippen molar-refractivity contribution in [3.8, 4) is 11.3 Å². The van der Waals surface area contributed by atoms with Gasteiger partial charge in [-0.2, -0.15) is 5.10 Å². The lowest BCUT2D eigenvalue weighted by atomic mass is 10.1. The minimum absolute atomic E-state index is 0.348. The van der Waals surface area contributed by atoms with Gasteiger partial charge in [-0.3, -0.25) is 4.68 Å². The number of hydrazine groups is 1. The quantitative estimate of drug-likeness (QED) is 0.295. The van der Waals surface area contributed by atoms with Gasteiger partial charge in [-0.25, -0.2) is 10.8 Å². The molecule has 0 saturated carbocycles. The van der Waals surface area contributed by atoms with Gasteiger partial charge in [-0.15, -0.1) is 0 Å². The van der Waals surface area contributed by atoms with Crippen molar-refractivity contribution in [3.63, 3.8) is 0 Å². The first-order valence-corrected chi connectivity index (χ1v) is 8.66. The van der Waals surface area contributed by atoms with E-state index in [-0.39, 0.29) is 0 Å². The molecule has 0 aliphatic carbocycles. The second kappa shape index (κ2) is 7.41. The molecule has 3 aromatic heterocycles. The molecule has 7 N–H and O–H groups in total. The van der Waals surface area contributed by atoms with Crippen LogP contribution in [-0.4, -0.2) is 19.9 Å². The van der Waals surface area contributed by atoms with Gasteiger partial charge in [0.25, 0.3) is 0 Å². The maximum absolute atomic E-state index is 6.09. The Morgan fingerprint density at radius 3 is 2.71 bits per heavy atom. The van der Waals surface area contributed by atoms with Crippen molar-refractivity contribution in [2.75, 3.05) is 16.9 Å². The summed E-state index contributed by atoms with van der Waals surface area (Å²) in [5.74, 6) is 6.87. The minimum Gasteiger partial charge on any atom is -0.395 e. The van der Waals surface area contributed by atoms with Crippen LogP contribution in [0.4, 0.5) is 17.3 Å². The van der Waals surface area contributed by atoms with E-state index in [1.54, 1.807) is 16.9 Å². The summed E-state index contributed by atoms with van der Waals surface area (Å²) in [5.41, 5.74) is 18.4. The van der Waals surface area contributed by atoms with Crippen LogP contribution in [0.2, 0.25) is 0 Å². The van der Waals surface area contributed by atoms with Gasteiger partial charge in [-0.05, 0) is 17.2 Å². The smallest absolute Gasteiger partial charge is 0.167 e.